The van der Waals surface area contributed by atoms with Crippen molar-refractivity contribution in [2.24, 2.45) is 5.73 Å². The Morgan fingerprint density at radius 2 is 2.13 bits per heavy atom. The van der Waals surface area contributed by atoms with E-state index < -0.39 is 12.0 Å². The molecule has 0 bridgehead atoms. The smallest absolute Gasteiger partial charge is 0.305 e. The van der Waals surface area contributed by atoms with E-state index in [0.717, 1.165) is 11.1 Å². The highest BCUT2D eigenvalue weighted by molar-refractivity contribution is 6.32. The molecule has 4 heteroatoms. The number of rotatable bonds is 3. The highest BCUT2D eigenvalue weighted by Crippen LogP contribution is 2.28. The first-order valence-electron chi connectivity index (χ1n) is 4.66. The van der Waals surface area contributed by atoms with Crippen LogP contribution in [0.4, 0.5) is 0 Å². The number of carboxylic acids is 1. The van der Waals surface area contributed by atoms with Gasteiger partial charge in [-0.2, -0.15) is 0 Å². The molecule has 1 unspecified atom stereocenters. The van der Waals surface area contributed by atoms with E-state index in [-0.39, 0.29) is 6.42 Å². The Hall–Kier alpha value is -1.06. The highest BCUT2D eigenvalue weighted by atomic mass is 35.5. The number of hydrogen-bond donors (Lipinski definition) is 2. The van der Waals surface area contributed by atoms with Gasteiger partial charge in [-0.1, -0.05) is 29.3 Å². The third-order valence-corrected chi connectivity index (χ3v) is 2.74. The van der Waals surface area contributed by atoms with E-state index in [1.807, 2.05) is 26.0 Å². The van der Waals surface area contributed by atoms with Gasteiger partial charge in [-0.05, 0) is 25.0 Å². The molecule has 0 spiro atoms. The number of hydrogen-bond acceptors (Lipinski definition) is 2. The number of nitrogens with two attached hydrogens (primary N) is 1. The van der Waals surface area contributed by atoms with E-state index in [0.29, 0.717) is 10.6 Å². The maximum absolute atomic E-state index is 10.5. The third-order valence-electron chi connectivity index (χ3n) is 2.22. The summed E-state index contributed by atoms with van der Waals surface area (Å²) in [7, 11) is 0. The first-order chi connectivity index (χ1) is 6.91. The zero-order chi connectivity index (χ0) is 11.6. The van der Waals surface area contributed by atoms with Crippen LogP contribution < -0.4 is 5.73 Å². The molecule has 0 heterocycles. The van der Waals surface area contributed by atoms with Crippen LogP contribution in [0.1, 0.15) is 29.2 Å². The second-order valence-corrected chi connectivity index (χ2v) is 4.07. The molecule has 0 aliphatic heterocycles. The summed E-state index contributed by atoms with van der Waals surface area (Å²) in [4.78, 5) is 10.5. The van der Waals surface area contributed by atoms with Gasteiger partial charge in [0, 0.05) is 11.1 Å². The molecule has 0 fully saturated rings. The monoisotopic (exact) mass is 227 g/mol. The zero-order valence-corrected chi connectivity index (χ0v) is 9.51. The topological polar surface area (TPSA) is 63.3 Å². The summed E-state index contributed by atoms with van der Waals surface area (Å²) in [5, 5.41) is 9.22. The molecular formula is C11H14ClNO2. The van der Waals surface area contributed by atoms with E-state index in [9.17, 15) is 4.79 Å². The maximum atomic E-state index is 10.5. The minimum atomic E-state index is -0.919. The lowest BCUT2D eigenvalue weighted by atomic mass is 10.00. The lowest BCUT2D eigenvalue weighted by molar-refractivity contribution is -0.137. The highest BCUT2D eigenvalue weighted by Gasteiger charge is 2.15. The first-order valence-corrected chi connectivity index (χ1v) is 5.03. The number of aryl methyl sites for hydroxylation is 2. The van der Waals surface area contributed by atoms with Crippen molar-refractivity contribution < 1.29 is 9.90 Å². The summed E-state index contributed by atoms with van der Waals surface area (Å²) < 4.78 is 0. The van der Waals surface area contributed by atoms with Crippen molar-refractivity contribution in [2.45, 2.75) is 26.3 Å². The molecular weight excluding hydrogens is 214 g/mol. The lowest BCUT2D eigenvalue weighted by Crippen LogP contribution is -2.16. The predicted octanol–water partition coefficient (Wildman–Crippen LogP) is 2.43. The van der Waals surface area contributed by atoms with Crippen LogP contribution in [-0.2, 0) is 4.79 Å². The number of halogens is 1. The summed E-state index contributed by atoms with van der Waals surface area (Å²) in [6.07, 6.45) is -0.109. The van der Waals surface area contributed by atoms with Gasteiger partial charge in [0.2, 0.25) is 0 Å². The van der Waals surface area contributed by atoms with Gasteiger partial charge in [0.25, 0.3) is 0 Å². The molecule has 0 aliphatic rings. The molecule has 15 heavy (non-hydrogen) atoms. The fourth-order valence-electron chi connectivity index (χ4n) is 1.55. The van der Waals surface area contributed by atoms with Crippen LogP contribution >= 0.6 is 11.6 Å². The average molecular weight is 228 g/mol. The molecule has 1 atom stereocenters. The standard InChI is InChI=1S/C11H14ClNO2/c1-6-3-7(2)11(12)8(4-6)9(13)5-10(14)15/h3-4,9H,5,13H2,1-2H3,(H,14,15). The average Bonchev–Trinajstić information content (AvgIpc) is 2.09. The Morgan fingerprint density at radius 3 is 2.67 bits per heavy atom. The van der Waals surface area contributed by atoms with Crippen LogP contribution in [0.2, 0.25) is 5.02 Å². The molecule has 0 saturated carbocycles. The van der Waals surface area contributed by atoms with Crippen LogP contribution in [-0.4, -0.2) is 11.1 Å². The second kappa shape index (κ2) is 4.64. The SMILES string of the molecule is Cc1cc(C)c(Cl)c(C(N)CC(=O)O)c1. The molecule has 1 aromatic carbocycles. The van der Waals surface area contributed by atoms with E-state index in [1.54, 1.807) is 0 Å². The molecule has 1 rings (SSSR count). The maximum Gasteiger partial charge on any atom is 0.305 e. The molecule has 3 nitrogen and oxygen atoms in total. The third kappa shape index (κ3) is 2.94. The molecule has 0 aliphatic carbocycles. The van der Waals surface area contributed by atoms with Crippen LogP contribution in [0.15, 0.2) is 12.1 Å². The van der Waals surface area contributed by atoms with Gasteiger partial charge in [-0.15, -0.1) is 0 Å². The van der Waals surface area contributed by atoms with Crippen molar-refractivity contribution in [1.82, 2.24) is 0 Å². The van der Waals surface area contributed by atoms with Crippen molar-refractivity contribution in [1.29, 1.82) is 0 Å². The van der Waals surface area contributed by atoms with Crippen LogP contribution in [0.3, 0.4) is 0 Å². The lowest BCUT2D eigenvalue weighted by Gasteiger charge is -2.14. The Labute approximate surface area is 93.9 Å². The molecule has 0 saturated heterocycles. The van der Waals surface area contributed by atoms with E-state index in [4.69, 9.17) is 22.4 Å². The number of aliphatic carboxylic acids is 1. The summed E-state index contributed by atoms with van der Waals surface area (Å²) in [5.74, 6) is -0.919. The van der Waals surface area contributed by atoms with E-state index in [2.05, 4.69) is 0 Å². The molecule has 82 valence electrons. The van der Waals surface area contributed by atoms with Gasteiger partial charge >= 0.3 is 5.97 Å². The van der Waals surface area contributed by atoms with Gasteiger partial charge in [0.1, 0.15) is 0 Å². The first kappa shape index (κ1) is 12.0. The Balaban J connectivity index is 3.07. The number of carbonyl (C=O) groups is 1. The van der Waals surface area contributed by atoms with Crippen molar-refractivity contribution in [3.8, 4) is 0 Å². The minimum absolute atomic E-state index is 0.109. The van der Waals surface area contributed by atoms with Gasteiger partial charge in [-0.25, -0.2) is 0 Å². The molecule has 0 aromatic heterocycles. The van der Waals surface area contributed by atoms with E-state index in [1.165, 1.54) is 0 Å². The van der Waals surface area contributed by atoms with Crippen molar-refractivity contribution >= 4 is 17.6 Å². The van der Waals surface area contributed by atoms with E-state index >= 15 is 0 Å². The zero-order valence-electron chi connectivity index (χ0n) is 8.75. The van der Waals surface area contributed by atoms with Gasteiger partial charge < -0.3 is 10.8 Å². The second-order valence-electron chi connectivity index (χ2n) is 3.69. The Morgan fingerprint density at radius 1 is 1.53 bits per heavy atom. The normalized spacial score (nSPS) is 12.5. The molecule has 0 radical (unpaired) electrons. The minimum Gasteiger partial charge on any atom is -0.481 e. The summed E-state index contributed by atoms with van der Waals surface area (Å²) in [5.41, 5.74) is 8.43. The predicted molar refractivity (Wildman–Crippen MR) is 60.1 cm³/mol. The fraction of sp³-hybridized carbons (Fsp3) is 0.364. The van der Waals surface area contributed by atoms with Crippen molar-refractivity contribution in [3.63, 3.8) is 0 Å². The summed E-state index contributed by atoms with van der Waals surface area (Å²) in [6, 6.07) is 3.23. The number of benzene rings is 1. The van der Waals surface area contributed by atoms with Crippen molar-refractivity contribution in [2.75, 3.05) is 0 Å². The fourth-order valence-corrected chi connectivity index (χ4v) is 1.80. The van der Waals surface area contributed by atoms with Gasteiger partial charge in [0.05, 0.1) is 6.42 Å². The van der Waals surface area contributed by atoms with Gasteiger partial charge in [0.15, 0.2) is 0 Å². The van der Waals surface area contributed by atoms with Crippen LogP contribution in [0.25, 0.3) is 0 Å². The molecule has 0 amide bonds. The van der Waals surface area contributed by atoms with Crippen LogP contribution in [0.5, 0.6) is 0 Å². The molecule has 3 N–H and O–H groups in total. The summed E-state index contributed by atoms with van der Waals surface area (Å²) in [6.45, 7) is 3.81. The number of carboxylic acid groups (broad SMARTS) is 1. The van der Waals surface area contributed by atoms with Gasteiger partial charge in [-0.3, -0.25) is 4.79 Å². The Bertz CT molecular complexity index is 390. The molecule has 1 aromatic rings. The van der Waals surface area contributed by atoms with Crippen LogP contribution in [0, 0.1) is 13.8 Å². The largest absolute Gasteiger partial charge is 0.481 e. The summed E-state index contributed by atoms with van der Waals surface area (Å²) >= 11 is 6.07. The Kier molecular flexibility index (Phi) is 3.72. The quantitative estimate of drug-likeness (QED) is 0.834. The van der Waals surface area contributed by atoms with Crippen molar-refractivity contribution in [3.05, 3.63) is 33.8 Å².